The molecule has 0 saturated heterocycles. The van der Waals surface area contributed by atoms with E-state index in [4.69, 9.17) is 43.7 Å². The summed E-state index contributed by atoms with van der Waals surface area (Å²) in [6.07, 6.45) is -20.7. The number of esters is 2. The van der Waals surface area contributed by atoms with E-state index in [1.807, 2.05) is 6.07 Å². The number of para-hydroxylation sites is 1. The predicted molar refractivity (Wildman–Crippen MR) is 199 cm³/mol. The van der Waals surface area contributed by atoms with E-state index in [9.17, 15) is 71.7 Å². The number of anilines is 1. The SMILES string of the molecule is CC1(C)C(/C=C\C(=O)OC(C(F)(F)F)C(F)(F)F)C1C(=O)OC(C#N)c1cccc(Oc2ccccc2)c1.N#Cc1nn(-c2c(Cl)cc(C(F)(F)F)cc2Cl)c(N)c1S(=O)C(F)(F)F. The first-order valence-corrected chi connectivity index (χ1v) is 19.1. The Kier molecular flexibility index (Phi) is 15.0. The molecule has 5 rings (SSSR count). The van der Waals surface area contributed by atoms with Gasteiger partial charge < -0.3 is 19.9 Å². The lowest BCUT2D eigenvalue weighted by Gasteiger charge is -2.22. The Morgan fingerprint density at radius 2 is 1.44 bits per heavy atom. The van der Waals surface area contributed by atoms with Crippen LogP contribution in [0.25, 0.3) is 5.69 Å². The van der Waals surface area contributed by atoms with Crippen LogP contribution in [0.4, 0.5) is 58.5 Å². The van der Waals surface area contributed by atoms with Gasteiger partial charge in [0.25, 0.3) is 6.10 Å². The highest BCUT2D eigenvalue weighted by atomic mass is 35.5. The minimum Gasteiger partial charge on any atom is -0.457 e. The number of rotatable bonds is 10. The second-order valence-corrected chi connectivity index (χ2v) is 15.8. The number of nitriles is 2. The molecule has 1 aromatic heterocycles. The van der Waals surface area contributed by atoms with Crippen LogP contribution in [0.5, 0.6) is 11.5 Å². The molecule has 0 spiro atoms. The van der Waals surface area contributed by atoms with Gasteiger partial charge in [-0.05, 0) is 47.7 Å². The van der Waals surface area contributed by atoms with Crippen molar-refractivity contribution in [2.24, 2.45) is 17.3 Å². The third kappa shape index (κ3) is 12.0. The zero-order valence-electron chi connectivity index (χ0n) is 31.8. The number of carbonyl (C=O) groups is 2. The maximum atomic E-state index is 12.8. The van der Waals surface area contributed by atoms with Crippen molar-refractivity contribution in [3.05, 3.63) is 106 Å². The predicted octanol–water partition coefficient (Wildman–Crippen LogP) is 10.7. The van der Waals surface area contributed by atoms with Gasteiger partial charge in [0.15, 0.2) is 16.5 Å². The number of hydrogen-bond acceptors (Lipinski definition) is 10. The highest BCUT2D eigenvalue weighted by Crippen LogP contribution is 2.60. The molecule has 0 radical (unpaired) electrons. The van der Waals surface area contributed by atoms with Gasteiger partial charge >= 0.3 is 36.0 Å². The number of ether oxygens (including phenoxy) is 3. The number of benzene rings is 3. The Morgan fingerprint density at radius 3 is 1.94 bits per heavy atom. The summed E-state index contributed by atoms with van der Waals surface area (Å²) in [5, 5.41) is 20.6. The fourth-order valence-corrected chi connectivity index (χ4v) is 7.18. The van der Waals surface area contributed by atoms with E-state index in [1.54, 1.807) is 62.4 Å². The third-order valence-electron chi connectivity index (χ3n) is 8.86. The number of nitrogens with two attached hydrogens (primary N) is 1. The molecule has 1 aliphatic rings. The van der Waals surface area contributed by atoms with Gasteiger partial charge in [-0.2, -0.15) is 68.3 Å². The average molecular weight is 979 g/mol. The van der Waals surface area contributed by atoms with Crippen LogP contribution in [0.1, 0.15) is 36.8 Å². The third-order valence-corrected chi connectivity index (χ3v) is 10.6. The lowest BCUT2D eigenvalue weighted by Crippen LogP contribution is -2.45. The van der Waals surface area contributed by atoms with Crippen molar-refractivity contribution in [3.63, 3.8) is 0 Å². The summed E-state index contributed by atoms with van der Waals surface area (Å²) in [6.45, 7) is 3.17. The number of alkyl halides is 12. The van der Waals surface area contributed by atoms with Crippen LogP contribution in [0.15, 0.2) is 83.8 Å². The van der Waals surface area contributed by atoms with Crippen LogP contribution in [-0.2, 0) is 36.0 Å². The van der Waals surface area contributed by atoms with Gasteiger partial charge in [0, 0.05) is 11.6 Å². The number of nitrogens with zero attached hydrogens (tertiary/aromatic N) is 4. The molecule has 2 N–H and O–H groups in total. The minimum absolute atomic E-state index is 0.314. The van der Waals surface area contributed by atoms with Crippen LogP contribution in [-0.4, -0.2) is 49.9 Å². The van der Waals surface area contributed by atoms with Gasteiger partial charge in [-0.15, -0.1) is 0 Å². The van der Waals surface area contributed by atoms with Crippen LogP contribution in [0.2, 0.25) is 10.0 Å². The molecule has 4 aromatic rings. The maximum Gasteiger partial charge on any atom is 0.476 e. The maximum absolute atomic E-state index is 12.8. The second kappa shape index (κ2) is 19.0. The normalized spacial score (nSPS) is 17.0. The Morgan fingerprint density at radius 1 is 0.875 bits per heavy atom. The second-order valence-electron chi connectivity index (χ2n) is 13.6. The molecule has 64 heavy (non-hydrogen) atoms. The van der Waals surface area contributed by atoms with E-state index < -0.39 is 114 Å². The van der Waals surface area contributed by atoms with Crippen LogP contribution >= 0.6 is 23.2 Å². The van der Waals surface area contributed by atoms with Gasteiger partial charge in [-0.3, -0.25) is 4.79 Å². The lowest BCUT2D eigenvalue weighted by atomic mass is 10.1. The first-order chi connectivity index (χ1) is 29.4. The van der Waals surface area contributed by atoms with Gasteiger partial charge in [0.1, 0.15) is 40.0 Å². The zero-order valence-corrected chi connectivity index (χ0v) is 34.2. The molecule has 4 unspecified atom stereocenters. The van der Waals surface area contributed by atoms with Crippen molar-refractivity contribution >= 4 is 51.8 Å². The van der Waals surface area contributed by atoms with Crippen LogP contribution < -0.4 is 10.5 Å². The van der Waals surface area contributed by atoms with Crippen molar-refractivity contribution in [2.75, 3.05) is 5.73 Å². The van der Waals surface area contributed by atoms with E-state index in [2.05, 4.69) is 9.84 Å². The van der Waals surface area contributed by atoms with Crippen molar-refractivity contribution in [2.45, 2.75) is 55.0 Å². The fraction of sp³-hybridized carbons (Fsp3) is 0.289. The van der Waals surface area contributed by atoms with Gasteiger partial charge in [0.05, 0.1) is 21.5 Å². The average Bonchev–Trinajstić information content (AvgIpc) is 3.59. The topological polar surface area (TPSA) is 170 Å². The minimum atomic E-state index is -5.84. The largest absolute Gasteiger partial charge is 0.476 e. The Labute approximate surface area is 364 Å². The van der Waals surface area contributed by atoms with Crippen molar-refractivity contribution in [3.8, 4) is 29.3 Å². The first kappa shape index (κ1) is 50.7. The first-order valence-electron chi connectivity index (χ1n) is 17.2. The monoisotopic (exact) mass is 977 g/mol. The van der Waals surface area contributed by atoms with E-state index in [0.29, 0.717) is 40.0 Å². The van der Waals surface area contributed by atoms with E-state index >= 15 is 0 Å². The van der Waals surface area contributed by atoms with Gasteiger partial charge in [-0.1, -0.05) is 73.5 Å². The molecular formula is C38H25Cl2F12N5O6S. The van der Waals surface area contributed by atoms with Gasteiger partial charge in [0.2, 0.25) is 6.10 Å². The Hall–Kier alpha value is -5.98. The quantitative estimate of drug-likeness (QED) is 0.0916. The van der Waals surface area contributed by atoms with Crippen LogP contribution in [0, 0.1) is 39.9 Å². The number of halogens is 14. The summed E-state index contributed by atoms with van der Waals surface area (Å²) in [5.41, 5.74) is -2.95. The molecule has 1 fully saturated rings. The molecule has 0 aliphatic heterocycles. The van der Waals surface area contributed by atoms with Crippen molar-refractivity contribution in [1.29, 1.82) is 10.5 Å². The van der Waals surface area contributed by atoms with E-state index in [0.717, 1.165) is 6.08 Å². The van der Waals surface area contributed by atoms with E-state index in [-0.39, 0.29) is 0 Å². The van der Waals surface area contributed by atoms with Crippen molar-refractivity contribution < 1.29 is 80.7 Å². The Balaban J connectivity index is 0.000000301. The molecule has 4 atom stereocenters. The number of nitrogen functional groups attached to an aromatic ring is 1. The summed E-state index contributed by atoms with van der Waals surface area (Å²) >= 11 is 11.5. The molecular weight excluding hydrogens is 953 g/mol. The highest BCUT2D eigenvalue weighted by molar-refractivity contribution is 7.86. The molecule has 26 heteroatoms. The van der Waals surface area contributed by atoms with Crippen LogP contribution in [0.3, 0.4) is 0 Å². The smallest absolute Gasteiger partial charge is 0.457 e. The molecule has 3 aromatic carbocycles. The number of aromatic nitrogens is 2. The molecule has 0 amide bonds. The highest BCUT2D eigenvalue weighted by Gasteiger charge is 2.62. The van der Waals surface area contributed by atoms with Crippen molar-refractivity contribution in [1.82, 2.24) is 9.78 Å². The zero-order chi connectivity index (χ0) is 48.3. The molecule has 0 bridgehead atoms. The molecule has 1 aliphatic carbocycles. The summed E-state index contributed by atoms with van der Waals surface area (Å²) < 4.78 is 179. The number of carbonyl (C=O) groups excluding carboxylic acids is 2. The molecule has 342 valence electrons. The summed E-state index contributed by atoms with van der Waals surface area (Å²) in [5.74, 6) is -4.35. The molecule has 1 heterocycles. The summed E-state index contributed by atoms with van der Waals surface area (Å²) in [7, 11) is -3.71. The lowest BCUT2D eigenvalue weighted by molar-refractivity contribution is -0.312. The fourth-order valence-electron chi connectivity index (χ4n) is 5.76. The standard InChI is InChI=1S/C26H21F6NO5.C12H4Cl2F6N4OS/c1-24(2)18(11-12-20(34)38-23(25(27,28)29)26(30,31)32)21(24)22(35)37-19(14-33)15-7-6-10-17(13-15)36-16-8-4-3-5-9-16;13-5-1-4(11(15,16)17)2-6(14)8(5)24-10(22)9(7(3-21)23-24)26(25)12(18,19)20/h3-13,18-19,21,23H,1-2H3;1-2H,22H2/b12-11-;. The van der Waals surface area contributed by atoms with Gasteiger partial charge in [-0.25, -0.2) is 13.7 Å². The summed E-state index contributed by atoms with van der Waals surface area (Å²) in [4.78, 5) is 23.3. The van der Waals surface area contributed by atoms with E-state index in [1.165, 1.54) is 12.1 Å². The number of allylic oxidation sites excluding steroid dienone is 1. The Bertz CT molecular complexity index is 2500. The number of hydrogen-bond donors (Lipinski definition) is 1. The molecule has 11 nitrogen and oxygen atoms in total. The summed E-state index contributed by atoms with van der Waals surface area (Å²) in [6, 6.07) is 19.1. The molecule has 1 saturated carbocycles.